The topological polar surface area (TPSA) is 44.1 Å². The van der Waals surface area contributed by atoms with Crippen LogP contribution in [0.2, 0.25) is 5.02 Å². The van der Waals surface area contributed by atoms with Crippen LogP contribution in [-0.4, -0.2) is 16.7 Å². The molecule has 0 amide bonds. The normalized spacial score (nSPS) is 10.8. The number of thioether (sulfide) groups is 1. The maximum atomic E-state index is 12.8. The largest absolute Gasteiger partial charge is 0.497 e. The Morgan fingerprint density at radius 3 is 2.92 bits per heavy atom. The van der Waals surface area contributed by atoms with Crippen molar-refractivity contribution in [1.29, 1.82) is 0 Å². The maximum Gasteiger partial charge on any atom is 0.262 e. The van der Waals surface area contributed by atoms with Crippen molar-refractivity contribution >= 4 is 34.3 Å². The SMILES string of the molecule is C=CCn1c(SCc2cccc(OC)c2)nc2cc(Cl)ccc2c1=O. The Bertz CT molecular complexity index is 985. The molecule has 3 aromatic rings. The lowest BCUT2D eigenvalue weighted by atomic mass is 10.2. The van der Waals surface area contributed by atoms with E-state index in [0.717, 1.165) is 11.3 Å². The summed E-state index contributed by atoms with van der Waals surface area (Å²) in [6.45, 7) is 4.15. The minimum absolute atomic E-state index is 0.0882. The lowest BCUT2D eigenvalue weighted by Gasteiger charge is -2.12. The minimum atomic E-state index is -0.0882. The van der Waals surface area contributed by atoms with Gasteiger partial charge in [0.1, 0.15) is 5.75 Å². The van der Waals surface area contributed by atoms with Gasteiger partial charge in [0.15, 0.2) is 5.16 Å². The van der Waals surface area contributed by atoms with Crippen molar-refractivity contribution in [2.75, 3.05) is 7.11 Å². The van der Waals surface area contributed by atoms with Crippen LogP contribution in [-0.2, 0) is 12.3 Å². The predicted molar refractivity (Wildman–Crippen MR) is 104 cm³/mol. The molecule has 0 N–H and O–H groups in total. The molecule has 0 fully saturated rings. The van der Waals surface area contributed by atoms with Gasteiger partial charge < -0.3 is 4.74 Å². The molecular weight excluding hydrogens is 356 g/mol. The number of hydrogen-bond acceptors (Lipinski definition) is 4. The molecule has 0 bridgehead atoms. The molecule has 0 unspecified atom stereocenters. The van der Waals surface area contributed by atoms with Crippen molar-refractivity contribution in [3.63, 3.8) is 0 Å². The van der Waals surface area contributed by atoms with E-state index in [9.17, 15) is 4.79 Å². The summed E-state index contributed by atoms with van der Waals surface area (Å²) in [4.78, 5) is 17.4. The first-order valence-electron chi connectivity index (χ1n) is 7.69. The molecular formula is C19H17ClN2O2S. The average Bonchev–Trinajstić information content (AvgIpc) is 2.62. The third kappa shape index (κ3) is 3.89. The summed E-state index contributed by atoms with van der Waals surface area (Å²) in [6, 6.07) is 13.0. The molecule has 0 aliphatic carbocycles. The number of allylic oxidation sites excluding steroid dienone is 1. The van der Waals surface area contributed by atoms with Crippen molar-refractivity contribution in [2.24, 2.45) is 0 Å². The quantitative estimate of drug-likeness (QED) is 0.362. The zero-order valence-electron chi connectivity index (χ0n) is 13.7. The minimum Gasteiger partial charge on any atom is -0.497 e. The van der Waals surface area contributed by atoms with Crippen molar-refractivity contribution in [3.8, 4) is 5.75 Å². The molecule has 128 valence electrons. The lowest BCUT2D eigenvalue weighted by Crippen LogP contribution is -2.22. The van der Waals surface area contributed by atoms with Gasteiger partial charge in [-0.3, -0.25) is 9.36 Å². The summed E-state index contributed by atoms with van der Waals surface area (Å²) < 4.78 is 6.88. The van der Waals surface area contributed by atoms with E-state index in [1.165, 1.54) is 11.8 Å². The highest BCUT2D eigenvalue weighted by molar-refractivity contribution is 7.98. The highest BCUT2D eigenvalue weighted by atomic mass is 35.5. The van der Waals surface area contributed by atoms with Gasteiger partial charge in [0, 0.05) is 17.3 Å². The van der Waals surface area contributed by atoms with E-state index in [-0.39, 0.29) is 5.56 Å². The molecule has 0 aliphatic heterocycles. The number of halogens is 1. The van der Waals surface area contributed by atoms with E-state index in [0.29, 0.717) is 33.4 Å². The van der Waals surface area contributed by atoms with E-state index in [4.69, 9.17) is 16.3 Å². The van der Waals surface area contributed by atoms with E-state index in [1.54, 1.807) is 36.0 Å². The molecule has 0 saturated carbocycles. The van der Waals surface area contributed by atoms with Gasteiger partial charge in [-0.1, -0.05) is 41.6 Å². The second-order valence-electron chi connectivity index (χ2n) is 5.40. The third-order valence-electron chi connectivity index (χ3n) is 3.70. The van der Waals surface area contributed by atoms with Crippen LogP contribution in [0.25, 0.3) is 10.9 Å². The van der Waals surface area contributed by atoms with Crippen LogP contribution in [0.3, 0.4) is 0 Å². The molecule has 4 nitrogen and oxygen atoms in total. The monoisotopic (exact) mass is 372 g/mol. The fraction of sp³-hybridized carbons (Fsp3) is 0.158. The van der Waals surface area contributed by atoms with E-state index < -0.39 is 0 Å². The van der Waals surface area contributed by atoms with Crippen LogP contribution >= 0.6 is 23.4 Å². The number of methoxy groups -OCH3 is 1. The van der Waals surface area contributed by atoms with E-state index >= 15 is 0 Å². The maximum absolute atomic E-state index is 12.8. The van der Waals surface area contributed by atoms with Gasteiger partial charge in [0.2, 0.25) is 0 Å². The van der Waals surface area contributed by atoms with Gasteiger partial charge in [-0.15, -0.1) is 6.58 Å². The van der Waals surface area contributed by atoms with Gasteiger partial charge in [0.05, 0.1) is 18.0 Å². The Hall–Kier alpha value is -2.24. The highest BCUT2D eigenvalue weighted by Gasteiger charge is 2.11. The molecule has 1 heterocycles. The van der Waals surface area contributed by atoms with E-state index in [1.807, 2.05) is 24.3 Å². The first-order valence-corrected chi connectivity index (χ1v) is 9.05. The zero-order chi connectivity index (χ0) is 17.8. The predicted octanol–water partition coefficient (Wildman–Crippen LogP) is 4.54. The van der Waals surface area contributed by atoms with Crippen molar-refractivity contribution in [1.82, 2.24) is 9.55 Å². The summed E-state index contributed by atoms with van der Waals surface area (Å²) >= 11 is 7.54. The fourth-order valence-corrected chi connectivity index (χ4v) is 3.60. The number of rotatable bonds is 6. The molecule has 2 aromatic carbocycles. The molecule has 6 heteroatoms. The molecule has 0 spiro atoms. The second-order valence-corrected chi connectivity index (χ2v) is 6.78. The van der Waals surface area contributed by atoms with Gasteiger partial charge in [-0.2, -0.15) is 0 Å². The zero-order valence-corrected chi connectivity index (χ0v) is 15.3. The summed E-state index contributed by atoms with van der Waals surface area (Å²) in [5, 5.41) is 1.75. The van der Waals surface area contributed by atoms with Crippen molar-refractivity contribution in [3.05, 3.63) is 76.1 Å². The van der Waals surface area contributed by atoms with Crippen LogP contribution in [0.5, 0.6) is 5.75 Å². The summed E-state index contributed by atoms with van der Waals surface area (Å²) in [5.41, 5.74) is 1.61. The molecule has 0 radical (unpaired) electrons. The molecule has 0 aliphatic rings. The molecule has 3 rings (SSSR count). The van der Waals surface area contributed by atoms with Gasteiger partial charge in [0.25, 0.3) is 5.56 Å². The van der Waals surface area contributed by atoms with Crippen LogP contribution in [0.1, 0.15) is 5.56 Å². The first kappa shape index (κ1) is 17.6. The molecule has 0 atom stereocenters. The second kappa shape index (κ2) is 7.76. The number of fused-ring (bicyclic) bond motifs is 1. The Morgan fingerprint density at radius 1 is 1.32 bits per heavy atom. The Labute approximate surface area is 155 Å². The number of hydrogen-bond donors (Lipinski definition) is 0. The van der Waals surface area contributed by atoms with Gasteiger partial charge >= 0.3 is 0 Å². The summed E-state index contributed by atoms with van der Waals surface area (Å²) in [7, 11) is 1.64. The Kier molecular flexibility index (Phi) is 5.46. The Balaban J connectivity index is 1.99. The summed E-state index contributed by atoms with van der Waals surface area (Å²) in [5.74, 6) is 1.48. The molecule has 0 saturated heterocycles. The smallest absolute Gasteiger partial charge is 0.262 e. The lowest BCUT2D eigenvalue weighted by molar-refractivity contribution is 0.414. The van der Waals surface area contributed by atoms with Crippen LogP contribution < -0.4 is 10.3 Å². The van der Waals surface area contributed by atoms with E-state index in [2.05, 4.69) is 11.6 Å². The van der Waals surface area contributed by atoms with Crippen LogP contribution in [0.15, 0.2) is 65.1 Å². The Morgan fingerprint density at radius 2 is 2.16 bits per heavy atom. The number of ether oxygens (including phenoxy) is 1. The van der Waals surface area contributed by atoms with Crippen molar-refractivity contribution in [2.45, 2.75) is 17.5 Å². The summed E-state index contributed by atoms with van der Waals surface area (Å²) in [6.07, 6.45) is 1.69. The first-order chi connectivity index (χ1) is 12.1. The number of aromatic nitrogens is 2. The van der Waals surface area contributed by atoms with Crippen LogP contribution in [0, 0.1) is 0 Å². The average molecular weight is 373 g/mol. The van der Waals surface area contributed by atoms with Crippen molar-refractivity contribution < 1.29 is 4.74 Å². The van der Waals surface area contributed by atoms with Gasteiger partial charge in [-0.25, -0.2) is 4.98 Å². The fourth-order valence-electron chi connectivity index (χ4n) is 2.48. The number of nitrogens with zero attached hydrogens (tertiary/aromatic N) is 2. The molecule has 25 heavy (non-hydrogen) atoms. The molecule has 1 aromatic heterocycles. The third-order valence-corrected chi connectivity index (χ3v) is 4.98. The highest BCUT2D eigenvalue weighted by Crippen LogP contribution is 2.25. The standard InChI is InChI=1S/C19H17ClN2O2S/c1-3-9-22-18(23)16-8-7-14(20)11-17(16)21-19(22)25-12-13-5-4-6-15(10-13)24-2/h3-8,10-11H,1,9,12H2,2H3. The van der Waals surface area contributed by atoms with Gasteiger partial charge in [-0.05, 0) is 35.9 Å². The van der Waals surface area contributed by atoms with Crippen LogP contribution in [0.4, 0.5) is 0 Å². The number of benzene rings is 2.